The maximum atomic E-state index is 12.5. The van der Waals surface area contributed by atoms with Crippen molar-refractivity contribution in [3.63, 3.8) is 0 Å². The number of amides is 2. The third kappa shape index (κ3) is 3.21. The van der Waals surface area contributed by atoms with Crippen LogP contribution in [0.1, 0.15) is 21.0 Å². The van der Waals surface area contributed by atoms with Gasteiger partial charge in [-0.15, -0.1) is 0 Å². The standard InChI is InChI=1S/C18H14N6O4/c25-9-5-6-12(13(26)7-9)21-16(27)14-15(20-8-19-14)17(28)24-18-22-10-3-1-2-4-11(10)23-18/h1-8,25-26H,(H,19,20)(H,21,27)(H2,22,23,24,28). The van der Waals surface area contributed by atoms with Crippen molar-refractivity contribution in [3.05, 3.63) is 60.2 Å². The molecule has 4 rings (SSSR count). The zero-order chi connectivity index (χ0) is 19.7. The van der Waals surface area contributed by atoms with Crippen LogP contribution >= 0.6 is 0 Å². The highest BCUT2D eigenvalue weighted by molar-refractivity contribution is 6.13. The molecule has 0 aliphatic heterocycles. The van der Waals surface area contributed by atoms with Crippen LogP contribution in [-0.4, -0.2) is 42.0 Å². The number of rotatable bonds is 4. The van der Waals surface area contributed by atoms with E-state index in [0.717, 1.165) is 11.6 Å². The average Bonchev–Trinajstić information content (AvgIpc) is 3.30. The van der Waals surface area contributed by atoms with Crippen molar-refractivity contribution in [2.75, 3.05) is 10.6 Å². The van der Waals surface area contributed by atoms with Crippen LogP contribution in [0, 0.1) is 0 Å². The largest absolute Gasteiger partial charge is 0.508 e. The second kappa shape index (κ2) is 6.76. The van der Waals surface area contributed by atoms with Gasteiger partial charge in [0.1, 0.15) is 17.2 Å². The Balaban J connectivity index is 1.54. The Kier molecular flexibility index (Phi) is 4.13. The Morgan fingerprint density at radius 1 is 1.00 bits per heavy atom. The number of fused-ring (bicyclic) bond motifs is 1. The number of hydrogen-bond donors (Lipinski definition) is 6. The molecule has 0 unspecified atom stereocenters. The number of H-pyrrole nitrogens is 2. The minimum absolute atomic E-state index is 0.0643. The van der Waals surface area contributed by atoms with Gasteiger partial charge in [-0.05, 0) is 24.3 Å². The molecular formula is C18H14N6O4. The first kappa shape index (κ1) is 17.1. The maximum Gasteiger partial charge on any atom is 0.276 e. The number of hydrogen-bond acceptors (Lipinski definition) is 6. The highest BCUT2D eigenvalue weighted by Gasteiger charge is 2.22. The third-order valence-electron chi connectivity index (χ3n) is 3.93. The average molecular weight is 378 g/mol. The fourth-order valence-electron chi connectivity index (χ4n) is 2.63. The van der Waals surface area contributed by atoms with Crippen molar-refractivity contribution in [2.45, 2.75) is 0 Å². The predicted molar refractivity (Wildman–Crippen MR) is 100 cm³/mol. The van der Waals surface area contributed by atoms with Gasteiger partial charge in [-0.1, -0.05) is 12.1 Å². The van der Waals surface area contributed by atoms with Crippen molar-refractivity contribution in [1.29, 1.82) is 0 Å². The highest BCUT2D eigenvalue weighted by Crippen LogP contribution is 2.27. The number of nitrogens with zero attached hydrogens (tertiary/aromatic N) is 2. The Morgan fingerprint density at radius 3 is 2.61 bits per heavy atom. The van der Waals surface area contributed by atoms with Crippen LogP contribution in [0.4, 0.5) is 11.6 Å². The van der Waals surface area contributed by atoms with Gasteiger partial charge in [-0.2, -0.15) is 0 Å². The van der Waals surface area contributed by atoms with Crippen LogP contribution in [0.25, 0.3) is 11.0 Å². The van der Waals surface area contributed by atoms with Gasteiger partial charge in [0, 0.05) is 6.07 Å². The number of phenols is 2. The number of aromatic hydroxyl groups is 2. The summed E-state index contributed by atoms with van der Waals surface area (Å²) in [6, 6.07) is 11.0. The molecule has 0 saturated carbocycles. The van der Waals surface area contributed by atoms with E-state index in [1.807, 2.05) is 18.2 Å². The Hall–Kier alpha value is -4.34. The van der Waals surface area contributed by atoms with Gasteiger partial charge >= 0.3 is 0 Å². The molecule has 0 aliphatic rings. The second-order valence-corrected chi connectivity index (χ2v) is 5.84. The summed E-state index contributed by atoms with van der Waals surface area (Å²) in [5.41, 5.74) is 1.26. The van der Waals surface area contributed by atoms with Crippen LogP contribution in [0.2, 0.25) is 0 Å². The minimum Gasteiger partial charge on any atom is -0.508 e. The predicted octanol–water partition coefficient (Wildman–Crippen LogP) is 2.20. The molecule has 2 amide bonds. The smallest absolute Gasteiger partial charge is 0.276 e. The first-order chi connectivity index (χ1) is 13.5. The fourth-order valence-corrected chi connectivity index (χ4v) is 2.63. The Labute approximate surface area is 157 Å². The SMILES string of the molecule is O=C(Nc1ccc(O)cc1O)c1nc[nH]c1C(=O)Nc1nc2ccccc2[nH]1. The first-order valence-electron chi connectivity index (χ1n) is 8.14. The van der Waals surface area contributed by atoms with Gasteiger partial charge in [-0.3, -0.25) is 14.9 Å². The molecule has 0 fully saturated rings. The lowest BCUT2D eigenvalue weighted by atomic mass is 10.2. The van der Waals surface area contributed by atoms with Crippen LogP contribution < -0.4 is 10.6 Å². The topological polar surface area (TPSA) is 156 Å². The van der Waals surface area contributed by atoms with Crippen molar-refractivity contribution in [2.24, 2.45) is 0 Å². The molecule has 4 aromatic rings. The van der Waals surface area contributed by atoms with Crippen LogP contribution in [-0.2, 0) is 0 Å². The summed E-state index contributed by atoms with van der Waals surface area (Å²) in [6.07, 6.45) is 1.21. The van der Waals surface area contributed by atoms with E-state index in [4.69, 9.17) is 0 Å². The van der Waals surface area contributed by atoms with E-state index < -0.39 is 11.8 Å². The van der Waals surface area contributed by atoms with E-state index >= 15 is 0 Å². The lowest BCUT2D eigenvalue weighted by molar-refractivity contribution is 0.0985. The summed E-state index contributed by atoms with van der Waals surface area (Å²) in [4.78, 5) is 38.7. The Bertz CT molecular complexity index is 1160. The van der Waals surface area contributed by atoms with E-state index in [-0.39, 0.29) is 34.5 Å². The summed E-state index contributed by atoms with van der Waals surface area (Å²) in [7, 11) is 0. The Morgan fingerprint density at radius 2 is 1.82 bits per heavy atom. The van der Waals surface area contributed by atoms with Crippen LogP contribution in [0.15, 0.2) is 48.8 Å². The number of carbonyl (C=O) groups excluding carboxylic acids is 2. The molecule has 0 bridgehead atoms. The number of carbonyl (C=O) groups is 2. The summed E-state index contributed by atoms with van der Waals surface area (Å²) >= 11 is 0. The monoisotopic (exact) mass is 378 g/mol. The molecular weight excluding hydrogens is 364 g/mol. The molecule has 6 N–H and O–H groups in total. The van der Waals surface area contributed by atoms with Crippen molar-refractivity contribution in [1.82, 2.24) is 19.9 Å². The molecule has 0 atom stereocenters. The van der Waals surface area contributed by atoms with E-state index in [2.05, 4.69) is 30.6 Å². The van der Waals surface area contributed by atoms with Crippen molar-refractivity contribution < 1.29 is 19.8 Å². The van der Waals surface area contributed by atoms with E-state index in [0.29, 0.717) is 5.52 Å². The van der Waals surface area contributed by atoms with Gasteiger partial charge < -0.3 is 25.5 Å². The van der Waals surface area contributed by atoms with E-state index in [1.165, 1.54) is 18.5 Å². The maximum absolute atomic E-state index is 12.5. The van der Waals surface area contributed by atoms with Crippen LogP contribution in [0.5, 0.6) is 11.5 Å². The fraction of sp³-hybridized carbons (Fsp3) is 0. The quantitative estimate of drug-likeness (QED) is 0.236. The number of imidazole rings is 2. The number of aromatic nitrogens is 4. The van der Waals surface area contributed by atoms with Crippen molar-refractivity contribution in [3.8, 4) is 11.5 Å². The molecule has 140 valence electrons. The molecule has 0 radical (unpaired) electrons. The van der Waals surface area contributed by atoms with Crippen LogP contribution in [0.3, 0.4) is 0 Å². The van der Waals surface area contributed by atoms with Gasteiger partial charge in [0.25, 0.3) is 11.8 Å². The second-order valence-electron chi connectivity index (χ2n) is 5.84. The van der Waals surface area contributed by atoms with E-state index in [9.17, 15) is 19.8 Å². The summed E-state index contributed by atoms with van der Waals surface area (Å²) < 4.78 is 0. The zero-order valence-electron chi connectivity index (χ0n) is 14.2. The van der Waals surface area contributed by atoms with Gasteiger partial charge in [0.05, 0.1) is 23.0 Å². The van der Waals surface area contributed by atoms with Gasteiger partial charge in [0.15, 0.2) is 5.69 Å². The number of benzene rings is 2. The molecule has 28 heavy (non-hydrogen) atoms. The summed E-state index contributed by atoms with van der Waals surface area (Å²) in [5.74, 6) is -1.57. The highest BCUT2D eigenvalue weighted by atomic mass is 16.3. The number of anilines is 2. The van der Waals surface area contributed by atoms with Gasteiger partial charge in [0.2, 0.25) is 5.95 Å². The molecule has 0 aliphatic carbocycles. The number of aromatic amines is 2. The molecule has 0 spiro atoms. The van der Waals surface area contributed by atoms with E-state index in [1.54, 1.807) is 6.07 Å². The lowest BCUT2D eigenvalue weighted by Gasteiger charge is -2.07. The molecule has 2 aromatic heterocycles. The summed E-state index contributed by atoms with van der Waals surface area (Å²) in [6.45, 7) is 0. The van der Waals surface area contributed by atoms with Gasteiger partial charge in [-0.25, -0.2) is 9.97 Å². The minimum atomic E-state index is -0.711. The number of phenolic OH excluding ortho intramolecular Hbond substituents is 2. The molecule has 0 saturated heterocycles. The normalized spacial score (nSPS) is 10.7. The lowest BCUT2D eigenvalue weighted by Crippen LogP contribution is -2.20. The molecule has 2 aromatic carbocycles. The molecule has 10 nitrogen and oxygen atoms in total. The third-order valence-corrected chi connectivity index (χ3v) is 3.93. The molecule has 2 heterocycles. The van der Waals surface area contributed by atoms with Crippen molar-refractivity contribution >= 4 is 34.5 Å². The zero-order valence-corrected chi connectivity index (χ0v) is 14.2. The number of para-hydroxylation sites is 2. The first-order valence-corrected chi connectivity index (χ1v) is 8.14. The number of nitrogens with one attached hydrogen (secondary N) is 4. The summed E-state index contributed by atoms with van der Waals surface area (Å²) in [5, 5.41) is 24.1. The molecule has 10 heteroatoms.